The molecule has 0 saturated carbocycles. The van der Waals surface area contributed by atoms with Gasteiger partial charge in [-0.3, -0.25) is 4.79 Å². The van der Waals surface area contributed by atoms with Crippen LogP contribution in [0.2, 0.25) is 0 Å². The largest absolute Gasteiger partial charge is 0.357 e. The van der Waals surface area contributed by atoms with Gasteiger partial charge in [-0.2, -0.15) is 0 Å². The lowest BCUT2D eigenvalue weighted by molar-refractivity contribution is 0.102. The quantitative estimate of drug-likeness (QED) is 0.732. The summed E-state index contributed by atoms with van der Waals surface area (Å²) in [5.74, 6) is -0.138. The molecule has 94 valence electrons. The molecule has 1 heterocycles. The molecule has 3 rings (SSSR count). The van der Waals surface area contributed by atoms with E-state index >= 15 is 0 Å². The fourth-order valence-corrected chi connectivity index (χ4v) is 2.34. The average molecular weight is 315 g/mol. The van der Waals surface area contributed by atoms with Crippen LogP contribution < -0.4 is 5.32 Å². The van der Waals surface area contributed by atoms with Gasteiger partial charge in [0, 0.05) is 16.4 Å². The normalized spacial score (nSPS) is 10.6. The predicted molar refractivity (Wildman–Crippen MR) is 80.4 cm³/mol. The van der Waals surface area contributed by atoms with Crippen molar-refractivity contribution in [3.63, 3.8) is 0 Å². The molecule has 0 saturated heterocycles. The Morgan fingerprint density at radius 3 is 2.63 bits per heavy atom. The average Bonchev–Trinajstić information content (AvgIpc) is 2.93. The van der Waals surface area contributed by atoms with Crippen LogP contribution in [0, 0.1) is 0 Å². The first-order chi connectivity index (χ1) is 9.22. The van der Waals surface area contributed by atoms with Gasteiger partial charge in [0.1, 0.15) is 5.69 Å². The van der Waals surface area contributed by atoms with E-state index in [0.29, 0.717) is 5.69 Å². The number of nitrogens with one attached hydrogen (secondary N) is 2. The number of halogens is 1. The molecule has 0 atom stereocenters. The standard InChI is InChI=1S/C15H11BrN2O/c16-12-5-3-11-9-13(6-4-10(11)8-12)18-15(19)14-2-1-7-17-14/h1-9,17H,(H,18,19). The summed E-state index contributed by atoms with van der Waals surface area (Å²) < 4.78 is 1.04. The third kappa shape index (κ3) is 2.53. The summed E-state index contributed by atoms with van der Waals surface area (Å²) in [7, 11) is 0. The maximum Gasteiger partial charge on any atom is 0.272 e. The van der Waals surface area contributed by atoms with Gasteiger partial charge in [0.05, 0.1) is 0 Å². The Bertz CT molecular complexity index is 735. The van der Waals surface area contributed by atoms with Crippen molar-refractivity contribution >= 4 is 38.3 Å². The topological polar surface area (TPSA) is 44.9 Å². The monoisotopic (exact) mass is 314 g/mol. The third-order valence-corrected chi connectivity index (χ3v) is 3.40. The Kier molecular flexibility index (Phi) is 3.09. The number of hydrogen-bond donors (Lipinski definition) is 2. The molecule has 0 unspecified atom stereocenters. The zero-order valence-electron chi connectivity index (χ0n) is 9.98. The van der Waals surface area contributed by atoms with Crippen LogP contribution in [0.15, 0.2) is 59.2 Å². The first-order valence-electron chi connectivity index (χ1n) is 5.86. The van der Waals surface area contributed by atoms with Crippen LogP contribution in [-0.2, 0) is 0 Å². The molecule has 0 aliphatic heterocycles. The van der Waals surface area contributed by atoms with E-state index in [1.807, 2.05) is 36.4 Å². The van der Waals surface area contributed by atoms with Crippen molar-refractivity contribution in [1.82, 2.24) is 4.98 Å². The van der Waals surface area contributed by atoms with E-state index in [9.17, 15) is 4.79 Å². The third-order valence-electron chi connectivity index (χ3n) is 2.90. The number of aromatic amines is 1. The molecule has 0 radical (unpaired) electrons. The van der Waals surface area contributed by atoms with Crippen LogP contribution in [0.4, 0.5) is 5.69 Å². The van der Waals surface area contributed by atoms with Crippen LogP contribution >= 0.6 is 15.9 Å². The molecule has 1 aromatic heterocycles. The van der Waals surface area contributed by atoms with Gasteiger partial charge in [-0.05, 0) is 47.2 Å². The van der Waals surface area contributed by atoms with Crippen LogP contribution in [0.25, 0.3) is 10.8 Å². The highest BCUT2D eigenvalue weighted by Crippen LogP contribution is 2.23. The van der Waals surface area contributed by atoms with Gasteiger partial charge >= 0.3 is 0 Å². The zero-order valence-corrected chi connectivity index (χ0v) is 11.6. The fourth-order valence-electron chi connectivity index (χ4n) is 1.96. The van der Waals surface area contributed by atoms with Crippen molar-refractivity contribution in [2.45, 2.75) is 0 Å². The summed E-state index contributed by atoms with van der Waals surface area (Å²) in [5, 5.41) is 5.09. The van der Waals surface area contributed by atoms with Crippen molar-refractivity contribution in [3.05, 3.63) is 64.9 Å². The summed E-state index contributed by atoms with van der Waals surface area (Å²) in [4.78, 5) is 14.8. The number of benzene rings is 2. The molecule has 0 spiro atoms. The second-order valence-electron chi connectivity index (χ2n) is 4.24. The molecular weight excluding hydrogens is 304 g/mol. The fraction of sp³-hybridized carbons (Fsp3) is 0. The Morgan fingerprint density at radius 2 is 1.84 bits per heavy atom. The highest BCUT2D eigenvalue weighted by atomic mass is 79.9. The van der Waals surface area contributed by atoms with Gasteiger partial charge in [-0.25, -0.2) is 0 Å². The molecule has 2 N–H and O–H groups in total. The molecule has 4 heteroatoms. The minimum absolute atomic E-state index is 0.138. The second-order valence-corrected chi connectivity index (χ2v) is 5.16. The molecule has 0 fully saturated rings. The minimum Gasteiger partial charge on any atom is -0.357 e. The number of amides is 1. The van der Waals surface area contributed by atoms with Gasteiger partial charge in [-0.15, -0.1) is 0 Å². The van der Waals surface area contributed by atoms with E-state index in [0.717, 1.165) is 20.9 Å². The smallest absolute Gasteiger partial charge is 0.272 e. The molecule has 3 nitrogen and oxygen atoms in total. The Morgan fingerprint density at radius 1 is 1.05 bits per heavy atom. The highest BCUT2D eigenvalue weighted by Gasteiger charge is 2.06. The van der Waals surface area contributed by atoms with Gasteiger partial charge < -0.3 is 10.3 Å². The lowest BCUT2D eigenvalue weighted by atomic mass is 10.1. The Balaban J connectivity index is 1.89. The maximum atomic E-state index is 11.9. The van der Waals surface area contributed by atoms with Crippen molar-refractivity contribution in [3.8, 4) is 0 Å². The highest BCUT2D eigenvalue weighted by molar-refractivity contribution is 9.10. The molecule has 0 aliphatic carbocycles. The summed E-state index contributed by atoms with van der Waals surface area (Å²) in [6.07, 6.45) is 1.73. The number of fused-ring (bicyclic) bond motifs is 1. The number of rotatable bonds is 2. The molecular formula is C15H11BrN2O. The zero-order chi connectivity index (χ0) is 13.2. The first kappa shape index (κ1) is 12.0. The number of anilines is 1. The van der Waals surface area contributed by atoms with Crippen molar-refractivity contribution in [1.29, 1.82) is 0 Å². The molecule has 19 heavy (non-hydrogen) atoms. The predicted octanol–water partition coefficient (Wildman–Crippen LogP) is 4.18. The first-order valence-corrected chi connectivity index (χ1v) is 6.66. The van der Waals surface area contributed by atoms with E-state index in [-0.39, 0.29) is 5.91 Å². The molecule has 2 aromatic carbocycles. The molecule has 0 aliphatic rings. The van der Waals surface area contributed by atoms with Crippen molar-refractivity contribution in [2.75, 3.05) is 5.32 Å². The Labute approximate surface area is 118 Å². The van der Waals surface area contributed by atoms with Gasteiger partial charge in [0.15, 0.2) is 0 Å². The molecule has 3 aromatic rings. The van der Waals surface area contributed by atoms with Crippen LogP contribution in [0.3, 0.4) is 0 Å². The molecule has 1 amide bonds. The Hall–Kier alpha value is -2.07. The van der Waals surface area contributed by atoms with E-state index < -0.39 is 0 Å². The van der Waals surface area contributed by atoms with Gasteiger partial charge in [0.25, 0.3) is 5.91 Å². The van der Waals surface area contributed by atoms with E-state index in [1.165, 1.54) is 0 Å². The number of carbonyl (C=O) groups is 1. The lowest BCUT2D eigenvalue weighted by Crippen LogP contribution is -2.11. The number of aromatic nitrogens is 1. The van der Waals surface area contributed by atoms with E-state index in [1.54, 1.807) is 18.3 Å². The number of carbonyl (C=O) groups excluding carboxylic acids is 1. The van der Waals surface area contributed by atoms with Crippen molar-refractivity contribution in [2.24, 2.45) is 0 Å². The van der Waals surface area contributed by atoms with Gasteiger partial charge in [0.2, 0.25) is 0 Å². The van der Waals surface area contributed by atoms with Crippen LogP contribution in [0.5, 0.6) is 0 Å². The van der Waals surface area contributed by atoms with Crippen molar-refractivity contribution < 1.29 is 4.79 Å². The van der Waals surface area contributed by atoms with Crippen LogP contribution in [-0.4, -0.2) is 10.9 Å². The summed E-state index contributed by atoms with van der Waals surface area (Å²) in [5.41, 5.74) is 1.34. The number of hydrogen-bond acceptors (Lipinski definition) is 1. The van der Waals surface area contributed by atoms with Crippen LogP contribution in [0.1, 0.15) is 10.5 Å². The SMILES string of the molecule is O=C(Nc1ccc2cc(Br)ccc2c1)c1ccc[nH]1. The maximum absolute atomic E-state index is 11.9. The summed E-state index contributed by atoms with van der Waals surface area (Å²) in [6, 6.07) is 15.4. The van der Waals surface area contributed by atoms with E-state index in [2.05, 4.69) is 26.2 Å². The summed E-state index contributed by atoms with van der Waals surface area (Å²) >= 11 is 3.44. The molecule has 0 bridgehead atoms. The van der Waals surface area contributed by atoms with Gasteiger partial charge in [-0.1, -0.05) is 28.1 Å². The summed E-state index contributed by atoms with van der Waals surface area (Å²) in [6.45, 7) is 0. The minimum atomic E-state index is -0.138. The lowest BCUT2D eigenvalue weighted by Gasteiger charge is -2.06. The number of H-pyrrole nitrogens is 1. The second kappa shape index (κ2) is 4.90. The van der Waals surface area contributed by atoms with E-state index in [4.69, 9.17) is 0 Å².